The van der Waals surface area contributed by atoms with Crippen LogP contribution in [-0.4, -0.2) is 17.6 Å². The standard InChI is InChI=1S/C15H22F2O2/c1-4-9-15(18,10-14(16)17)12-5-7-13(8-6-12)19-11(2)3/h5-8,11,14,18H,4,9-10H2,1-3H3. The van der Waals surface area contributed by atoms with E-state index >= 15 is 0 Å². The van der Waals surface area contributed by atoms with Crippen LogP contribution in [0, 0.1) is 0 Å². The van der Waals surface area contributed by atoms with Crippen molar-refractivity contribution in [1.29, 1.82) is 0 Å². The van der Waals surface area contributed by atoms with E-state index in [4.69, 9.17) is 4.74 Å². The molecule has 1 unspecified atom stereocenters. The van der Waals surface area contributed by atoms with E-state index in [1.54, 1.807) is 24.3 Å². The van der Waals surface area contributed by atoms with E-state index in [1.807, 2.05) is 20.8 Å². The van der Waals surface area contributed by atoms with Gasteiger partial charge in [0, 0.05) is 6.42 Å². The van der Waals surface area contributed by atoms with E-state index in [2.05, 4.69) is 0 Å². The molecule has 4 heteroatoms. The Morgan fingerprint density at radius 2 is 1.79 bits per heavy atom. The van der Waals surface area contributed by atoms with E-state index in [9.17, 15) is 13.9 Å². The molecule has 0 radical (unpaired) electrons. The van der Waals surface area contributed by atoms with Crippen molar-refractivity contribution in [3.63, 3.8) is 0 Å². The average molecular weight is 272 g/mol. The lowest BCUT2D eigenvalue weighted by Gasteiger charge is -2.28. The van der Waals surface area contributed by atoms with Crippen LogP contribution in [0.2, 0.25) is 0 Å². The lowest BCUT2D eigenvalue weighted by molar-refractivity contribution is -0.0334. The van der Waals surface area contributed by atoms with Crippen LogP contribution in [0.3, 0.4) is 0 Å². The van der Waals surface area contributed by atoms with E-state index in [1.165, 1.54) is 0 Å². The lowest BCUT2D eigenvalue weighted by atomic mass is 9.86. The second kappa shape index (κ2) is 6.85. The van der Waals surface area contributed by atoms with Crippen LogP contribution >= 0.6 is 0 Å². The molecule has 0 saturated carbocycles. The molecular weight excluding hydrogens is 250 g/mol. The summed E-state index contributed by atoms with van der Waals surface area (Å²) in [6.45, 7) is 5.70. The van der Waals surface area contributed by atoms with Gasteiger partial charge in [-0.15, -0.1) is 0 Å². The van der Waals surface area contributed by atoms with Gasteiger partial charge in [-0.3, -0.25) is 0 Å². The monoisotopic (exact) mass is 272 g/mol. The molecule has 0 aliphatic rings. The molecule has 0 bridgehead atoms. The highest BCUT2D eigenvalue weighted by molar-refractivity contribution is 5.31. The quantitative estimate of drug-likeness (QED) is 0.809. The molecule has 2 nitrogen and oxygen atoms in total. The Morgan fingerprint density at radius 1 is 1.21 bits per heavy atom. The largest absolute Gasteiger partial charge is 0.491 e. The van der Waals surface area contributed by atoms with Crippen LogP contribution in [0.5, 0.6) is 5.75 Å². The van der Waals surface area contributed by atoms with Gasteiger partial charge in [0.25, 0.3) is 0 Å². The Kier molecular flexibility index (Phi) is 5.73. The molecule has 0 aliphatic heterocycles. The normalized spacial score (nSPS) is 14.7. The third-order valence-corrected chi connectivity index (χ3v) is 2.92. The molecule has 0 fully saturated rings. The van der Waals surface area contributed by atoms with Crippen LogP contribution in [0.1, 0.15) is 45.6 Å². The maximum atomic E-state index is 12.6. The Morgan fingerprint density at radius 3 is 2.21 bits per heavy atom. The van der Waals surface area contributed by atoms with Gasteiger partial charge in [-0.05, 0) is 38.0 Å². The molecule has 0 aromatic heterocycles. The second-order valence-electron chi connectivity index (χ2n) is 5.07. The van der Waals surface area contributed by atoms with Gasteiger partial charge < -0.3 is 9.84 Å². The van der Waals surface area contributed by atoms with Crippen molar-refractivity contribution in [3.05, 3.63) is 29.8 Å². The average Bonchev–Trinajstić information content (AvgIpc) is 2.28. The van der Waals surface area contributed by atoms with Crippen LogP contribution in [0.15, 0.2) is 24.3 Å². The van der Waals surface area contributed by atoms with Crippen molar-refractivity contribution in [2.75, 3.05) is 0 Å². The van der Waals surface area contributed by atoms with Gasteiger partial charge in [0.05, 0.1) is 11.7 Å². The fraction of sp³-hybridized carbons (Fsp3) is 0.600. The minimum atomic E-state index is -2.52. The van der Waals surface area contributed by atoms with E-state index in [0.29, 0.717) is 24.2 Å². The SMILES string of the molecule is CCCC(O)(CC(F)F)c1ccc(OC(C)C)cc1. The predicted molar refractivity (Wildman–Crippen MR) is 71.6 cm³/mol. The molecule has 0 heterocycles. The molecule has 1 atom stereocenters. The van der Waals surface area contributed by atoms with Gasteiger partial charge >= 0.3 is 0 Å². The summed E-state index contributed by atoms with van der Waals surface area (Å²) in [4.78, 5) is 0. The third-order valence-electron chi connectivity index (χ3n) is 2.92. The smallest absolute Gasteiger partial charge is 0.241 e. The summed E-state index contributed by atoms with van der Waals surface area (Å²) in [6, 6.07) is 6.74. The Bertz CT molecular complexity index is 376. The lowest BCUT2D eigenvalue weighted by Crippen LogP contribution is -2.28. The van der Waals surface area contributed by atoms with E-state index < -0.39 is 18.4 Å². The fourth-order valence-electron chi connectivity index (χ4n) is 2.15. The van der Waals surface area contributed by atoms with Gasteiger partial charge in [-0.25, -0.2) is 8.78 Å². The second-order valence-corrected chi connectivity index (χ2v) is 5.07. The number of alkyl halides is 2. The summed E-state index contributed by atoms with van der Waals surface area (Å²) in [6.07, 6.45) is -2.04. The Labute approximate surface area is 113 Å². The summed E-state index contributed by atoms with van der Waals surface area (Å²) < 4.78 is 30.7. The molecule has 0 aliphatic carbocycles. The zero-order valence-electron chi connectivity index (χ0n) is 11.7. The highest BCUT2D eigenvalue weighted by Gasteiger charge is 2.31. The van der Waals surface area contributed by atoms with E-state index in [0.717, 1.165) is 0 Å². The van der Waals surface area contributed by atoms with Crippen molar-refractivity contribution in [2.24, 2.45) is 0 Å². The van der Waals surface area contributed by atoms with Crippen molar-refractivity contribution in [1.82, 2.24) is 0 Å². The highest BCUT2D eigenvalue weighted by Crippen LogP contribution is 2.33. The molecule has 1 rings (SSSR count). The summed E-state index contributed by atoms with van der Waals surface area (Å²) in [5.41, 5.74) is -0.940. The molecule has 1 N–H and O–H groups in total. The molecule has 0 amide bonds. The summed E-state index contributed by atoms with van der Waals surface area (Å²) in [5, 5.41) is 10.4. The molecular formula is C15H22F2O2. The van der Waals surface area contributed by atoms with E-state index in [-0.39, 0.29) is 6.10 Å². The van der Waals surface area contributed by atoms with Crippen molar-refractivity contribution >= 4 is 0 Å². The number of ether oxygens (including phenoxy) is 1. The van der Waals surface area contributed by atoms with Crippen LogP contribution < -0.4 is 4.74 Å². The maximum Gasteiger partial charge on any atom is 0.241 e. The number of hydrogen-bond acceptors (Lipinski definition) is 2. The predicted octanol–water partition coefficient (Wildman–Crippen LogP) is 4.12. The number of halogens is 2. The van der Waals surface area contributed by atoms with Gasteiger partial charge in [-0.2, -0.15) is 0 Å². The first-order valence-corrected chi connectivity index (χ1v) is 6.65. The van der Waals surface area contributed by atoms with Crippen molar-refractivity contribution in [3.8, 4) is 5.75 Å². The zero-order valence-corrected chi connectivity index (χ0v) is 11.7. The summed E-state index contributed by atoms with van der Waals surface area (Å²) >= 11 is 0. The molecule has 0 spiro atoms. The van der Waals surface area contributed by atoms with Crippen LogP contribution in [0.25, 0.3) is 0 Å². The number of aliphatic hydroxyl groups is 1. The Balaban J connectivity index is 2.90. The first-order valence-electron chi connectivity index (χ1n) is 6.65. The molecule has 1 aromatic rings. The first kappa shape index (κ1) is 15.9. The first-order chi connectivity index (χ1) is 8.87. The van der Waals surface area contributed by atoms with Gasteiger partial charge in [-0.1, -0.05) is 25.5 Å². The molecule has 0 saturated heterocycles. The zero-order chi connectivity index (χ0) is 14.5. The minimum absolute atomic E-state index is 0.0569. The number of hydrogen-bond donors (Lipinski definition) is 1. The molecule has 1 aromatic carbocycles. The van der Waals surface area contributed by atoms with Crippen molar-refractivity contribution < 1.29 is 18.6 Å². The van der Waals surface area contributed by atoms with Gasteiger partial charge in [0.2, 0.25) is 6.43 Å². The number of rotatable bonds is 7. The summed E-state index contributed by atoms with van der Waals surface area (Å²) in [7, 11) is 0. The fourth-order valence-corrected chi connectivity index (χ4v) is 2.15. The summed E-state index contributed by atoms with van der Waals surface area (Å²) in [5.74, 6) is 0.676. The van der Waals surface area contributed by atoms with Crippen LogP contribution in [0.4, 0.5) is 8.78 Å². The molecule has 19 heavy (non-hydrogen) atoms. The maximum absolute atomic E-state index is 12.6. The number of benzene rings is 1. The molecule has 108 valence electrons. The van der Waals surface area contributed by atoms with Gasteiger partial charge in [0.15, 0.2) is 0 Å². The van der Waals surface area contributed by atoms with Gasteiger partial charge in [0.1, 0.15) is 5.75 Å². The van der Waals surface area contributed by atoms with Crippen LogP contribution in [-0.2, 0) is 5.60 Å². The van der Waals surface area contributed by atoms with Crippen molar-refractivity contribution in [2.45, 2.75) is 58.2 Å². The third kappa shape index (κ3) is 4.78. The Hall–Kier alpha value is -1.16. The highest BCUT2D eigenvalue weighted by atomic mass is 19.3. The minimum Gasteiger partial charge on any atom is -0.491 e. The topological polar surface area (TPSA) is 29.5 Å².